The number of sulfonamides is 1. The van der Waals surface area contributed by atoms with Crippen LogP contribution in [-0.2, 0) is 10.0 Å². The van der Waals surface area contributed by atoms with Crippen LogP contribution in [0.1, 0.15) is 12.5 Å². The van der Waals surface area contributed by atoms with E-state index in [4.69, 9.17) is 0 Å². The Labute approximate surface area is 112 Å². The van der Waals surface area contributed by atoms with Gasteiger partial charge in [0.25, 0.3) is 10.0 Å². The molecule has 0 spiro atoms. The number of hydrogen-bond acceptors (Lipinski definition) is 3. The Morgan fingerprint density at radius 2 is 1.95 bits per heavy atom. The first kappa shape index (κ1) is 13.5. The van der Waals surface area contributed by atoms with Gasteiger partial charge >= 0.3 is 6.03 Å². The van der Waals surface area contributed by atoms with Crippen molar-refractivity contribution < 1.29 is 13.2 Å². The lowest BCUT2D eigenvalue weighted by Gasteiger charge is -2.11. The number of carbonyl (C=O) groups excluding carboxylic acids is 1. The zero-order chi connectivity index (χ0) is 14.0. The van der Waals surface area contributed by atoms with Crippen molar-refractivity contribution in [3.63, 3.8) is 0 Å². The van der Waals surface area contributed by atoms with Crippen LogP contribution < -0.4 is 5.32 Å². The Kier molecular flexibility index (Phi) is 3.57. The van der Waals surface area contributed by atoms with Crippen LogP contribution in [0.25, 0.3) is 0 Å². The number of amidine groups is 1. The minimum Gasteiger partial charge on any atom is -0.330 e. The highest BCUT2D eigenvalue weighted by molar-refractivity contribution is 7.90. The fourth-order valence-electron chi connectivity index (χ4n) is 1.77. The first-order valence-electron chi connectivity index (χ1n) is 5.90. The Morgan fingerprint density at radius 1 is 1.32 bits per heavy atom. The molecule has 0 aromatic heterocycles. The summed E-state index contributed by atoms with van der Waals surface area (Å²) in [5.74, 6) is 0.230. The molecule has 1 aromatic carbocycles. The Bertz CT molecular complexity index is 620. The van der Waals surface area contributed by atoms with Crippen LogP contribution in [0.15, 0.2) is 33.6 Å². The zero-order valence-electron chi connectivity index (χ0n) is 10.8. The molecule has 1 aromatic rings. The van der Waals surface area contributed by atoms with Gasteiger partial charge in [0, 0.05) is 6.54 Å². The highest BCUT2D eigenvalue weighted by atomic mass is 32.2. The number of amides is 2. The second-order valence-electron chi connectivity index (χ2n) is 4.20. The summed E-state index contributed by atoms with van der Waals surface area (Å²) in [6, 6.07) is 6.12. The Morgan fingerprint density at radius 3 is 2.53 bits per heavy atom. The van der Waals surface area contributed by atoms with Gasteiger partial charge < -0.3 is 5.32 Å². The van der Waals surface area contributed by atoms with Gasteiger partial charge in [-0.15, -0.1) is 4.40 Å². The Hall–Kier alpha value is -1.89. The third-order valence-electron chi connectivity index (χ3n) is 2.82. The summed E-state index contributed by atoms with van der Waals surface area (Å²) in [6.07, 6.45) is 0. The van der Waals surface area contributed by atoms with E-state index in [1.54, 1.807) is 19.1 Å². The van der Waals surface area contributed by atoms with E-state index in [-0.39, 0.29) is 23.3 Å². The van der Waals surface area contributed by atoms with Gasteiger partial charge in [0.15, 0.2) is 0 Å². The van der Waals surface area contributed by atoms with Crippen LogP contribution in [0, 0.1) is 6.92 Å². The molecular formula is C12H15N3O3S. The monoisotopic (exact) mass is 281 g/mol. The second kappa shape index (κ2) is 5.00. The maximum atomic E-state index is 12.1. The first-order chi connectivity index (χ1) is 8.94. The van der Waals surface area contributed by atoms with Gasteiger partial charge in [-0.1, -0.05) is 17.7 Å². The fraction of sp³-hybridized carbons (Fsp3) is 0.333. The molecule has 1 aliphatic rings. The van der Waals surface area contributed by atoms with E-state index in [0.717, 1.165) is 5.56 Å². The van der Waals surface area contributed by atoms with E-state index in [1.165, 1.54) is 17.0 Å². The number of nitrogens with one attached hydrogen (secondary N) is 1. The van der Waals surface area contributed by atoms with Crippen molar-refractivity contribution >= 4 is 21.9 Å². The largest absolute Gasteiger partial charge is 0.330 e. The van der Waals surface area contributed by atoms with Crippen molar-refractivity contribution in [1.82, 2.24) is 10.2 Å². The summed E-state index contributed by atoms with van der Waals surface area (Å²) in [4.78, 5) is 12.9. The van der Waals surface area contributed by atoms with E-state index in [1.807, 2.05) is 6.92 Å². The highest BCUT2D eigenvalue weighted by Crippen LogP contribution is 2.15. The van der Waals surface area contributed by atoms with Crippen LogP contribution in [0.2, 0.25) is 0 Å². The molecule has 7 heteroatoms. The lowest BCUT2D eigenvalue weighted by atomic mass is 10.2. The van der Waals surface area contributed by atoms with E-state index in [2.05, 4.69) is 9.71 Å². The minimum atomic E-state index is -3.77. The third kappa shape index (κ3) is 2.76. The molecule has 1 saturated heterocycles. The predicted octanol–water partition coefficient (Wildman–Crippen LogP) is 1.13. The van der Waals surface area contributed by atoms with Gasteiger partial charge in [-0.25, -0.2) is 4.79 Å². The van der Waals surface area contributed by atoms with Crippen LogP contribution in [0.5, 0.6) is 0 Å². The number of rotatable bonds is 3. The van der Waals surface area contributed by atoms with E-state index >= 15 is 0 Å². The smallest absolute Gasteiger partial charge is 0.323 e. The quantitative estimate of drug-likeness (QED) is 0.902. The molecule has 0 bridgehead atoms. The molecule has 19 heavy (non-hydrogen) atoms. The molecular weight excluding hydrogens is 266 g/mol. The number of urea groups is 1. The summed E-state index contributed by atoms with van der Waals surface area (Å²) in [6.45, 7) is 4.16. The molecule has 1 heterocycles. The summed E-state index contributed by atoms with van der Waals surface area (Å²) in [5.41, 5.74) is 0.972. The molecule has 0 unspecified atom stereocenters. The molecule has 102 valence electrons. The highest BCUT2D eigenvalue weighted by Gasteiger charge is 2.27. The maximum absolute atomic E-state index is 12.1. The van der Waals surface area contributed by atoms with Gasteiger partial charge in [0.1, 0.15) is 5.84 Å². The van der Waals surface area contributed by atoms with Crippen LogP contribution >= 0.6 is 0 Å². The number of likely N-dealkylation sites (N-methyl/N-ethyl adjacent to an activating group) is 1. The van der Waals surface area contributed by atoms with E-state index in [9.17, 15) is 13.2 Å². The fourth-order valence-corrected chi connectivity index (χ4v) is 2.80. The molecule has 1 fully saturated rings. The molecule has 0 aliphatic carbocycles. The molecule has 2 rings (SSSR count). The zero-order valence-corrected chi connectivity index (χ0v) is 11.6. The van der Waals surface area contributed by atoms with Gasteiger partial charge in [-0.05, 0) is 26.0 Å². The minimum absolute atomic E-state index is 0.126. The third-order valence-corrected chi connectivity index (χ3v) is 4.13. The van der Waals surface area contributed by atoms with E-state index < -0.39 is 10.0 Å². The summed E-state index contributed by atoms with van der Waals surface area (Å²) in [5, 5.41) is 2.55. The number of carbonyl (C=O) groups is 1. The lowest BCUT2D eigenvalue weighted by Crippen LogP contribution is -2.31. The van der Waals surface area contributed by atoms with Crippen molar-refractivity contribution in [2.45, 2.75) is 18.7 Å². The molecule has 6 nitrogen and oxygen atoms in total. The van der Waals surface area contributed by atoms with Crippen LogP contribution in [0.3, 0.4) is 0 Å². The van der Waals surface area contributed by atoms with Gasteiger partial charge in [-0.3, -0.25) is 4.90 Å². The molecule has 0 radical (unpaired) electrons. The van der Waals surface area contributed by atoms with Crippen molar-refractivity contribution in [1.29, 1.82) is 0 Å². The predicted molar refractivity (Wildman–Crippen MR) is 71.6 cm³/mol. The summed E-state index contributed by atoms with van der Waals surface area (Å²) < 4.78 is 28.0. The summed E-state index contributed by atoms with van der Waals surface area (Å²) >= 11 is 0. The molecule has 1 N–H and O–H groups in total. The van der Waals surface area contributed by atoms with E-state index in [0.29, 0.717) is 6.54 Å². The normalized spacial score (nSPS) is 17.9. The van der Waals surface area contributed by atoms with Crippen LogP contribution in [-0.4, -0.2) is 38.3 Å². The average Bonchev–Trinajstić information content (AvgIpc) is 2.69. The van der Waals surface area contributed by atoms with Crippen molar-refractivity contribution in [3.8, 4) is 0 Å². The van der Waals surface area contributed by atoms with Crippen molar-refractivity contribution in [3.05, 3.63) is 29.8 Å². The number of hydrogen-bond donors (Lipinski definition) is 1. The standard InChI is InChI=1S/C12H15N3O3S/c1-3-15-11(8-13-12(15)16)14-19(17,18)10-6-4-9(2)5-7-10/h4-7H,3,8H2,1-2H3,(H,13,16)/b14-11-. The molecule has 0 saturated carbocycles. The Balaban J connectivity index is 2.36. The second-order valence-corrected chi connectivity index (χ2v) is 5.80. The maximum Gasteiger partial charge on any atom is 0.323 e. The van der Waals surface area contributed by atoms with Gasteiger partial charge in [0.05, 0.1) is 11.4 Å². The van der Waals surface area contributed by atoms with Crippen LogP contribution in [0.4, 0.5) is 4.79 Å². The SMILES string of the molecule is CCN1C(=O)NC/C1=N/S(=O)(=O)c1ccc(C)cc1. The molecule has 1 aliphatic heterocycles. The van der Waals surface area contributed by atoms with Gasteiger partial charge in [-0.2, -0.15) is 8.42 Å². The first-order valence-corrected chi connectivity index (χ1v) is 7.34. The average molecular weight is 281 g/mol. The number of nitrogens with zero attached hydrogens (tertiary/aromatic N) is 2. The van der Waals surface area contributed by atoms with Crippen molar-refractivity contribution in [2.24, 2.45) is 4.40 Å². The summed E-state index contributed by atoms with van der Waals surface area (Å²) in [7, 11) is -3.77. The van der Waals surface area contributed by atoms with Crippen molar-refractivity contribution in [2.75, 3.05) is 13.1 Å². The molecule has 0 atom stereocenters. The topological polar surface area (TPSA) is 78.8 Å². The number of aryl methyl sites for hydroxylation is 1. The molecule has 2 amide bonds. The van der Waals surface area contributed by atoms with Gasteiger partial charge in [0.2, 0.25) is 0 Å². The lowest BCUT2D eigenvalue weighted by molar-refractivity contribution is 0.229. The number of benzene rings is 1.